The first-order valence-corrected chi connectivity index (χ1v) is 10.0. The van der Waals surface area contributed by atoms with Gasteiger partial charge in [0.25, 0.3) is 0 Å². The van der Waals surface area contributed by atoms with Gasteiger partial charge in [-0.15, -0.1) is 8.58 Å². The topological polar surface area (TPSA) is 0 Å². The van der Waals surface area contributed by atoms with Crippen LogP contribution < -0.4 is 0 Å². The summed E-state index contributed by atoms with van der Waals surface area (Å²) in [6.07, 6.45) is 22.0. The summed E-state index contributed by atoms with van der Waals surface area (Å²) in [5, 5.41) is 0. The lowest BCUT2D eigenvalue weighted by molar-refractivity contribution is 0.563. The standard InChI is InChI=1S/C17H37P/c1-3-5-7-8-9-10-11-12-13-15-17-18-16-14-6-4-2/h18H,3-17H2,1-2H3. The Morgan fingerprint density at radius 3 is 1.28 bits per heavy atom. The average Bonchev–Trinajstić information content (AvgIpc) is 2.39. The molecule has 0 aliphatic carbocycles. The van der Waals surface area contributed by atoms with E-state index in [4.69, 9.17) is 0 Å². The van der Waals surface area contributed by atoms with Crippen molar-refractivity contribution in [2.24, 2.45) is 0 Å². The predicted molar refractivity (Wildman–Crippen MR) is 89.4 cm³/mol. The Morgan fingerprint density at radius 1 is 0.444 bits per heavy atom. The monoisotopic (exact) mass is 272 g/mol. The summed E-state index contributed by atoms with van der Waals surface area (Å²) in [5.41, 5.74) is 0. The van der Waals surface area contributed by atoms with E-state index in [1.165, 1.54) is 104 Å². The van der Waals surface area contributed by atoms with Gasteiger partial charge in [0.05, 0.1) is 0 Å². The molecule has 0 spiro atoms. The first-order chi connectivity index (χ1) is 8.91. The molecule has 110 valence electrons. The SMILES string of the molecule is CCCCCCCCCCCCPCCCCC. The lowest BCUT2D eigenvalue weighted by Crippen LogP contribution is -1.84. The molecule has 0 saturated carbocycles. The van der Waals surface area contributed by atoms with Crippen molar-refractivity contribution in [3.63, 3.8) is 0 Å². The van der Waals surface area contributed by atoms with Crippen LogP contribution in [-0.4, -0.2) is 12.3 Å². The molecular weight excluding hydrogens is 235 g/mol. The van der Waals surface area contributed by atoms with E-state index >= 15 is 0 Å². The summed E-state index contributed by atoms with van der Waals surface area (Å²) in [4.78, 5) is 0. The minimum absolute atomic E-state index is 1.25. The van der Waals surface area contributed by atoms with Crippen LogP contribution in [-0.2, 0) is 0 Å². The van der Waals surface area contributed by atoms with Crippen molar-refractivity contribution in [3.05, 3.63) is 0 Å². The van der Waals surface area contributed by atoms with E-state index in [0.717, 1.165) is 0 Å². The predicted octanol–water partition coefficient (Wildman–Crippen LogP) is 6.78. The van der Waals surface area contributed by atoms with Crippen molar-refractivity contribution < 1.29 is 0 Å². The van der Waals surface area contributed by atoms with Gasteiger partial charge < -0.3 is 0 Å². The second kappa shape index (κ2) is 17.4. The third-order valence-electron chi connectivity index (χ3n) is 3.66. The van der Waals surface area contributed by atoms with Gasteiger partial charge >= 0.3 is 0 Å². The lowest BCUT2D eigenvalue weighted by Gasteiger charge is -2.03. The van der Waals surface area contributed by atoms with Crippen LogP contribution in [0.1, 0.15) is 97.3 Å². The number of rotatable bonds is 15. The van der Waals surface area contributed by atoms with Crippen molar-refractivity contribution in [2.75, 3.05) is 12.3 Å². The van der Waals surface area contributed by atoms with E-state index in [1.54, 1.807) is 0 Å². The number of hydrogen-bond acceptors (Lipinski definition) is 0. The third-order valence-corrected chi connectivity index (χ3v) is 5.08. The van der Waals surface area contributed by atoms with Crippen molar-refractivity contribution in [1.29, 1.82) is 0 Å². The van der Waals surface area contributed by atoms with Crippen LogP contribution in [0.15, 0.2) is 0 Å². The van der Waals surface area contributed by atoms with E-state index in [1.807, 2.05) is 0 Å². The van der Waals surface area contributed by atoms with Gasteiger partial charge in [0.1, 0.15) is 0 Å². The molecule has 0 N–H and O–H groups in total. The highest BCUT2D eigenvalue weighted by Crippen LogP contribution is 2.17. The van der Waals surface area contributed by atoms with Crippen molar-refractivity contribution >= 4 is 8.58 Å². The Morgan fingerprint density at radius 2 is 0.778 bits per heavy atom. The van der Waals surface area contributed by atoms with Crippen molar-refractivity contribution in [1.82, 2.24) is 0 Å². The average molecular weight is 272 g/mol. The molecule has 0 aromatic carbocycles. The molecule has 1 unspecified atom stereocenters. The maximum absolute atomic E-state index is 2.30. The molecule has 0 radical (unpaired) electrons. The van der Waals surface area contributed by atoms with Crippen molar-refractivity contribution in [2.45, 2.75) is 97.3 Å². The molecule has 1 heteroatoms. The molecule has 0 rings (SSSR count). The quantitative estimate of drug-likeness (QED) is 0.228. The Balaban J connectivity index is 2.86. The zero-order valence-electron chi connectivity index (χ0n) is 13.1. The van der Waals surface area contributed by atoms with Gasteiger partial charge in [-0.2, -0.15) is 0 Å². The normalized spacial score (nSPS) is 11.7. The molecule has 0 heterocycles. The molecule has 0 aliphatic heterocycles. The summed E-state index contributed by atoms with van der Waals surface area (Å²) in [6, 6.07) is 0. The molecule has 0 saturated heterocycles. The third kappa shape index (κ3) is 16.4. The number of unbranched alkanes of at least 4 members (excludes halogenated alkanes) is 11. The fourth-order valence-corrected chi connectivity index (χ4v) is 3.61. The van der Waals surface area contributed by atoms with Crippen LogP contribution in [0.5, 0.6) is 0 Å². The Labute approximate surface area is 118 Å². The molecule has 0 amide bonds. The van der Waals surface area contributed by atoms with Gasteiger partial charge in [0.2, 0.25) is 0 Å². The van der Waals surface area contributed by atoms with E-state index in [9.17, 15) is 0 Å². The molecular formula is C17H37P. The van der Waals surface area contributed by atoms with Gasteiger partial charge in [-0.25, -0.2) is 0 Å². The summed E-state index contributed by atoms with van der Waals surface area (Å²) in [7, 11) is 1.25. The Kier molecular flexibility index (Phi) is 17.8. The smallest absolute Gasteiger partial charge is 0.0353 e. The molecule has 0 fully saturated rings. The van der Waals surface area contributed by atoms with Crippen LogP contribution in [0.3, 0.4) is 0 Å². The highest BCUT2D eigenvalue weighted by Gasteiger charge is 1.93. The van der Waals surface area contributed by atoms with Gasteiger partial charge in [0, 0.05) is 0 Å². The molecule has 1 atom stereocenters. The summed E-state index contributed by atoms with van der Waals surface area (Å²) >= 11 is 0. The number of hydrogen-bond donors (Lipinski definition) is 0. The maximum Gasteiger partial charge on any atom is -0.0353 e. The van der Waals surface area contributed by atoms with Gasteiger partial charge in [0.15, 0.2) is 0 Å². The van der Waals surface area contributed by atoms with Gasteiger partial charge in [-0.1, -0.05) is 84.5 Å². The van der Waals surface area contributed by atoms with Crippen LogP contribution >= 0.6 is 8.58 Å². The zero-order chi connectivity index (χ0) is 13.3. The summed E-state index contributed by atoms with van der Waals surface area (Å²) in [6.45, 7) is 4.59. The fourth-order valence-electron chi connectivity index (χ4n) is 2.36. The highest BCUT2D eigenvalue weighted by atomic mass is 31.1. The second-order valence-electron chi connectivity index (χ2n) is 5.64. The van der Waals surface area contributed by atoms with Crippen LogP contribution in [0.25, 0.3) is 0 Å². The summed E-state index contributed by atoms with van der Waals surface area (Å²) < 4.78 is 0. The fraction of sp³-hybridized carbons (Fsp3) is 1.00. The molecule has 0 aromatic heterocycles. The second-order valence-corrected chi connectivity index (χ2v) is 7.14. The molecule has 0 aromatic rings. The zero-order valence-corrected chi connectivity index (χ0v) is 14.1. The minimum Gasteiger partial charge on any atom is -0.122 e. The highest BCUT2D eigenvalue weighted by molar-refractivity contribution is 7.37. The summed E-state index contributed by atoms with van der Waals surface area (Å²) in [5.74, 6) is 0. The van der Waals surface area contributed by atoms with Crippen LogP contribution in [0.2, 0.25) is 0 Å². The molecule has 18 heavy (non-hydrogen) atoms. The van der Waals surface area contributed by atoms with E-state index in [0.29, 0.717) is 0 Å². The largest absolute Gasteiger partial charge is 0.122 e. The van der Waals surface area contributed by atoms with E-state index < -0.39 is 0 Å². The van der Waals surface area contributed by atoms with Crippen molar-refractivity contribution in [3.8, 4) is 0 Å². The van der Waals surface area contributed by atoms with Crippen LogP contribution in [0, 0.1) is 0 Å². The Hall–Kier alpha value is 0.430. The molecule has 0 bridgehead atoms. The Bertz CT molecular complexity index is 118. The lowest BCUT2D eigenvalue weighted by atomic mass is 10.1. The van der Waals surface area contributed by atoms with Gasteiger partial charge in [-0.05, 0) is 25.2 Å². The van der Waals surface area contributed by atoms with Crippen LogP contribution in [0.4, 0.5) is 0 Å². The first kappa shape index (κ1) is 18.4. The van der Waals surface area contributed by atoms with E-state index in [-0.39, 0.29) is 0 Å². The minimum atomic E-state index is 1.25. The van der Waals surface area contributed by atoms with E-state index in [2.05, 4.69) is 13.8 Å². The molecule has 0 aliphatic rings. The van der Waals surface area contributed by atoms with Gasteiger partial charge in [-0.3, -0.25) is 0 Å². The first-order valence-electron chi connectivity index (χ1n) is 8.62. The molecule has 0 nitrogen and oxygen atoms in total. The maximum atomic E-state index is 2.30.